The van der Waals surface area contributed by atoms with Crippen LogP contribution in [0.3, 0.4) is 0 Å². The number of fused-ring (bicyclic) bond motifs is 1. The van der Waals surface area contributed by atoms with E-state index < -0.39 is 0 Å². The summed E-state index contributed by atoms with van der Waals surface area (Å²) < 4.78 is 0. The zero-order chi connectivity index (χ0) is 11.7. The van der Waals surface area contributed by atoms with Crippen LogP contribution in [0.5, 0.6) is 0 Å². The summed E-state index contributed by atoms with van der Waals surface area (Å²) in [7, 11) is 2.06. The fraction of sp³-hybridized carbons (Fsp3) is 0.333. The Balaban J connectivity index is 2.33. The molecule has 0 aromatic heterocycles. The Hall–Kier alpha value is -1.84. The number of rotatable bonds is 2. The quantitative estimate of drug-likeness (QED) is 0.565. The zero-order valence-corrected chi connectivity index (χ0v) is 9.43. The van der Waals surface area contributed by atoms with Gasteiger partial charge in [0.2, 0.25) is 5.70 Å². The Morgan fingerprint density at radius 3 is 3.00 bits per heavy atom. The summed E-state index contributed by atoms with van der Waals surface area (Å²) in [6.07, 6.45) is 2.63. The van der Waals surface area contributed by atoms with E-state index in [2.05, 4.69) is 11.9 Å². The molecular weight excluding hydrogens is 204 g/mol. The van der Waals surface area contributed by atoms with E-state index in [-0.39, 0.29) is 10.6 Å². The first-order chi connectivity index (χ1) is 7.58. The molecule has 0 saturated carbocycles. The summed E-state index contributed by atoms with van der Waals surface area (Å²) in [5.41, 5.74) is 3.58. The highest BCUT2D eigenvalue weighted by molar-refractivity contribution is 5.63. The van der Waals surface area contributed by atoms with Crippen LogP contribution >= 0.6 is 0 Å². The predicted molar refractivity (Wildman–Crippen MR) is 64.1 cm³/mol. The Morgan fingerprint density at radius 1 is 1.56 bits per heavy atom. The minimum atomic E-state index is -0.362. The third-order valence-corrected chi connectivity index (χ3v) is 2.89. The van der Waals surface area contributed by atoms with Gasteiger partial charge in [0.1, 0.15) is 0 Å². The number of benzene rings is 1. The second-order valence-corrected chi connectivity index (χ2v) is 4.10. The second kappa shape index (κ2) is 3.96. The van der Waals surface area contributed by atoms with Gasteiger partial charge in [-0.1, -0.05) is 6.07 Å². The molecule has 4 nitrogen and oxygen atoms in total. The maximum atomic E-state index is 10.5. The van der Waals surface area contributed by atoms with E-state index in [4.69, 9.17) is 0 Å². The van der Waals surface area contributed by atoms with Crippen molar-refractivity contribution >= 4 is 11.8 Å². The Labute approximate surface area is 94.3 Å². The molecule has 0 unspecified atom stereocenters. The van der Waals surface area contributed by atoms with E-state index in [1.807, 2.05) is 18.2 Å². The van der Waals surface area contributed by atoms with Crippen molar-refractivity contribution in [1.29, 1.82) is 0 Å². The van der Waals surface area contributed by atoms with Crippen LogP contribution in [0.15, 0.2) is 23.9 Å². The lowest BCUT2D eigenvalue weighted by molar-refractivity contribution is -0.422. The van der Waals surface area contributed by atoms with Gasteiger partial charge in [-0.15, -0.1) is 0 Å². The van der Waals surface area contributed by atoms with E-state index in [9.17, 15) is 10.1 Å². The summed E-state index contributed by atoms with van der Waals surface area (Å²) in [4.78, 5) is 12.4. The van der Waals surface area contributed by atoms with Crippen molar-refractivity contribution in [1.82, 2.24) is 0 Å². The summed E-state index contributed by atoms with van der Waals surface area (Å²) in [6.45, 7) is 2.54. The van der Waals surface area contributed by atoms with Gasteiger partial charge in [-0.3, -0.25) is 10.1 Å². The van der Waals surface area contributed by atoms with Gasteiger partial charge in [-0.25, -0.2) is 0 Å². The highest BCUT2D eigenvalue weighted by Gasteiger charge is 2.15. The average Bonchev–Trinajstić information content (AvgIpc) is 2.60. The zero-order valence-electron chi connectivity index (χ0n) is 9.43. The van der Waals surface area contributed by atoms with E-state index in [0.29, 0.717) is 0 Å². The van der Waals surface area contributed by atoms with Crippen LogP contribution in [0.1, 0.15) is 18.1 Å². The van der Waals surface area contributed by atoms with Crippen LogP contribution in [0.4, 0.5) is 5.69 Å². The number of nitro groups is 1. The van der Waals surface area contributed by atoms with Crippen molar-refractivity contribution in [3.05, 3.63) is 45.1 Å². The van der Waals surface area contributed by atoms with Gasteiger partial charge < -0.3 is 4.90 Å². The molecule has 1 aliphatic rings. The predicted octanol–water partition coefficient (Wildman–Crippen LogP) is 2.32. The third-order valence-electron chi connectivity index (χ3n) is 2.89. The van der Waals surface area contributed by atoms with Crippen LogP contribution in [0, 0.1) is 10.1 Å². The molecule has 0 aliphatic carbocycles. The molecule has 0 saturated heterocycles. The molecule has 84 valence electrons. The number of allylic oxidation sites excluding steroid dienone is 1. The normalized spacial score (nSPS) is 15.1. The average molecular weight is 218 g/mol. The number of likely N-dealkylation sites (N-methyl/N-ethyl adjacent to an activating group) is 1. The number of hydrogen-bond acceptors (Lipinski definition) is 3. The van der Waals surface area contributed by atoms with Crippen molar-refractivity contribution in [2.45, 2.75) is 13.3 Å². The molecule has 1 heterocycles. The SMILES string of the molecule is CC(=Cc1ccc2c(c1)CCN2C)[N+](=O)[O-]. The first-order valence-corrected chi connectivity index (χ1v) is 5.24. The summed E-state index contributed by atoms with van der Waals surface area (Å²) in [5.74, 6) is 0. The van der Waals surface area contributed by atoms with Gasteiger partial charge in [0.25, 0.3) is 0 Å². The Morgan fingerprint density at radius 2 is 2.31 bits per heavy atom. The molecule has 4 heteroatoms. The summed E-state index contributed by atoms with van der Waals surface area (Å²) in [6, 6.07) is 5.99. The highest BCUT2D eigenvalue weighted by Crippen LogP contribution is 2.27. The second-order valence-electron chi connectivity index (χ2n) is 4.10. The van der Waals surface area contributed by atoms with E-state index in [0.717, 1.165) is 18.5 Å². The molecule has 0 amide bonds. The van der Waals surface area contributed by atoms with Crippen molar-refractivity contribution in [3.8, 4) is 0 Å². The highest BCUT2D eigenvalue weighted by atomic mass is 16.6. The minimum Gasteiger partial charge on any atom is -0.374 e. The summed E-state index contributed by atoms with van der Waals surface area (Å²) >= 11 is 0. The van der Waals surface area contributed by atoms with Gasteiger partial charge in [0.05, 0.1) is 4.92 Å². The molecule has 2 rings (SSSR count). The number of nitrogens with zero attached hydrogens (tertiary/aromatic N) is 2. The molecule has 16 heavy (non-hydrogen) atoms. The van der Waals surface area contributed by atoms with Gasteiger partial charge in [-0.2, -0.15) is 0 Å². The van der Waals surface area contributed by atoms with Crippen LogP contribution < -0.4 is 4.90 Å². The monoisotopic (exact) mass is 218 g/mol. The van der Waals surface area contributed by atoms with Crippen molar-refractivity contribution < 1.29 is 4.92 Å². The standard InChI is InChI=1S/C12H14N2O2/c1-9(14(15)16)7-10-3-4-12-11(8-10)5-6-13(12)2/h3-4,7-8H,5-6H2,1-2H3. The lowest BCUT2D eigenvalue weighted by Crippen LogP contribution is -2.12. The first kappa shape index (κ1) is 10.7. The topological polar surface area (TPSA) is 46.4 Å². The van der Waals surface area contributed by atoms with Crippen LogP contribution in [0.2, 0.25) is 0 Å². The van der Waals surface area contributed by atoms with Gasteiger partial charge in [0, 0.05) is 32.3 Å². The van der Waals surface area contributed by atoms with Crippen LogP contribution in [0.25, 0.3) is 6.08 Å². The van der Waals surface area contributed by atoms with Crippen molar-refractivity contribution in [3.63, 3.8) is 0 Å². The number of anilines is 1. The first-order valence-electron chi connectivity index (χ1n) is 5.24. The molecule has 1 aliphatic heterocycles. The van der Waals surface area contributed by atoms with Crippen LogP contribution in [-0.2, 0) is 6.42 Å². The van der Waals surface area contributed by atoms with E-state index in [1.165, 1.54) is 18.2 Å². The molecule has 1 aromatic rings. The fourth-order valence-corrected chi connectivity index (χ4v) is 1.97. The maximum absolute atomic E-state index is 10.5. The van der Waals surface area contributed by atoms with Gasteiger partial charge >= 0.3 is 0 Å². The van der Waals surface area contributed by atoms with E-state index in [1.54, 1.807) is 6.08 Å². The number of hydrogen-bond donors (Lipinski definition) is 0. The van der Waals surface area contributed by atoms with Crippen molar-refractivity contribution in [2.75, 3.05) is 18.5 Å². The maximum Gasteiger partial charge on any atom is 0.243 e. The Bertz CT molecular complexity index is 466. The molecule has 1 aromatic carbocycles. The molecule has 0 fully saturated rings. The fourth-order valence-electron chi connectivity index (χ4n) is 1.97. The Kier molecular flexibility index (Phi) is 2.64. The van der Waals surface area contributed by atoms with Crippen molar-refractivity contribution in [2.24, 2.45) is 0 Å². The van der Waals surface area contributed by atoms with Crippen LogP contribution in [-0.4, -0.2) is 18.5 Å². The lowest BCUT2D eigenvalue weighted by Gasteiger charge is -2.11. The van der Waals surface area contributed by atoms with E-state index >= 15 is 0 Å². The molecule has 0 bridgehead atoms. The third kappa shape index (κ3) is 1.91. The largest absolute Gasteiger partial charge is 0.374 e. The van der Waals surface area contributed by atoms with Gasteiger partial charge in [0.15, 0.2) is 0 Å². The molecule has 0 spiro atoms. The summed E-state index contributed by atoms with van der Waals surface area (Å²) in [5, 5.41) is 10.5. The van der Waals surface area contributed by atoms with Gasteiger partial charge in [-0.05, 0) is 29.7 Å². The molecule has 0 N–H and O–H groups in total. The molecule has 0 atom stereocenters. The lowest BCUT2D eigenvalue weighted by atomic mass is 10.1. The molecule has 0 radical (unpaired) electrons. The minimum absolute atomic E-state index is 0.173. The smallest absolute Gasteiger partial charge is 0.243 e. The molecular formula is C12H14N2O2.